The Hall–Kier alpha value is -0.333. The van der Waals surface area contributed by atoms with Crippen molar-refractivity contribution in [3.8, 4) is 6.07 Å². The summed E-state index contributed by atoms with van der Waals surface area (Å²) in [7, 11) is -1.58. The molecule has 2 nitrogen and oxygen atoms in total. The zero-order chi connectivity index (χ0) is 10.1. The van der Waals surface area contributed by atoms with Crippen molar-refractivity contribution in [3.05, 3.63) is 0 Å². The summed E-state index contributed by atoms with van der Waals surface area (Å²) in [5, 5.41) is 9.20. The molecule has 0 amide bonds. The van der Waals surface area contributed by atoms with E-state index < -0.39 is 13.9 Å². The van der Waals surface area contributed by atoms with Crippen LogP contribution in [0.5, 0.6) is 0 Å². The first kappa shape index (κ1) is 10.7. The molecule has 0 bridgehead atoms. The third-order valence-corrected chi connectivity index (χ3v) is 3.42. The maximum atomic E-state index is 9.20. The quantitative estimate of drug-likeness (QED) is 0.649. The van der Waals surface area contributed by atoms with Gasteiger partial charge in [0.15, 0.2) is 8.32 Å². The van der Waals surface area contributed by atoms with E-state index in [-0.39, 0.29) is 0 Å². The van der Waals surface area contributed by atoms with Gasteiger partial charge in [-0.3, -0.25) is 0 Å². The van der Waals surface area contributed by atoms with Crippen LogP contribution in [0.15, 0.2) is 0 Å². The number of nitrogens with zero attached hydrogens (tertiary/aromatic N) is 1. The third kappa shape index (κ3) is 2.55. The van der Waals surface area contributed by atoms with Crippen LogP contribution in [0.1, 0.15) is 26.2 Å². The standard InChI is InChI=1S/C10H19NOSi/c1-5-10(8-11,9-6-7-9)12-13(2,3)4/h9H,5-7H2,1-4H3. The highest BCUT2D eigenvalue weighted by molar-refractivity contribution is 6.69. The molecular weight excluding hydrogens is 178 g/mol. The van der Waals surface area contributed by atoms with E-state index in [0.717, 1.165) is 6.42 Å². The zero-order valence-electron chi connectivity index (χ0n) is 9.05. The summed E-state index contributed by atoms with van der Waals surface area (Å²) < 4.78 is 6.03. The highest BCUT2D eigenvalue weighted by atomic mass is 28.4. The van der Waals surface area contributed by atoms with Gasteiger partial charge in [-0.2, -0.15) is 5.26 Å². The second kappa shape index (κ2) is 3.43. The lowest BCUT2D eigenvalue weighted by molar-refractivity contribution is 0.0913. The Morgan fingerprint density at radius 3 is 2.23 bits per heavy atom. The molecule has 1 aliphatic rings. The van der Waals surface area contributed by atoms with Gasteiger partial charge in [0.1, 0.15) is 5.60 Å². The number of hydrogen-bond acceptors (Lipinski definition) is 2. The molecule has 0 aromatic carbocycles. The van der Waals surface area contributed by atoms with E-state index in [1.54, 1.807) is 0 Å². The van der Waals surface area contributed by atoms with Crippen molar-refractivity contribution in [2.45, 2.75) is 51.4 Å². The monoisotopic (exact) mass is 197 g/mol. The van der Waals surface area contributed by atoms with Crippen molar-refractivity contribution in [1.82, 2.24) is 0 Å². The molecule has 0 N–H and O–H groups in total. The molecule has 0 heterocycles. The van der Waals surface area contributed by atoms with E-state index in [9.17, 15) is 5.26 Å². The summed E-state index contributed by atoms with van der Waals surface area (Å²) in [5.74, 6) is 0.509. The minimum atomic E-state index is -1.58. The number of nitriles is 1. The van der Waals surface area contributed by atoms with Crippen LogP contribution in [-0.4, -0.2) is 13.9 Å². The molecule has 0 radical (unpaired) electrons. The lowest BCUT2D eigenvalue weighted by Gasteiger charge is -2.33. The SMILES string of the molecule is CCC(C#N)(O[Si](C)(C)C)C1CC1. The molecule has 3 heteroatoms. The van der Waals surface area contributed by atoms with Crippen LogP contribution in [0.3, 0.4) is 0 Å². The number of rotatable bonds is 4. The van der Waals surface area contributed by atoms with Crippen LogP contribution in [0, 0.1) is 17.2 Å². The van der Waals surface area contributed by atoms with Gasteiger partial charge in [-0.15, -0.1) is 0 Å². The zero-order valence-corrected chi connectivity index (χ0v) is 10.1. The second-order valence-corrected chi connectivity index (χ2v) is 9.27. The third-order valence-electron chi connectivity index (χ3n) is 2.44. The van der Waals surface area contributed by atoms with Crippen LogP contribution in [-0.2, 0) is 4.43 Å². The first-order valence-corrected chi connectivity index (χ1v) is 8.46. The fourth-order valence-corrected chi connectivity index (χ4v) is 3.18. The Morgan fingerprint density at radius 1 is 1.46 bits per heavy atom. The number of hydrogen-bond donors (Lipinski definition) is 0. The highest BCUT2D eigenvalue weighted by Crippen LogP contribution is 2.44. The van der Waals surface area contributed by atoms with Crippen LogP contribution in [0.2, 0.25) is 19.6 Å². The maximum Gasteiger partial charge on any atom is 0.185 e. The minimum absolute atomic E-state index is 0.454. The van der Waals surface area contributed by atoms with E-state index in [1.165, 1.54) is 12.8 Å². The predicted molar refractivity (Wildman–Crippen MR) is 55.8 cm³/mol. The van der Waals surface area contributed by atoms with Crippen LogP contribution in [0.25, 0.3) is 0 Å². The first-order chi connectivity index (χ1) is 5.93. The molecule has 1 saturated carbocycles. The summed E-state index contributed by atoms with van der Waals surface area (Å²) in [6.45, 7) is 8.51. The smallest absolute Gasteiger partial charge is 0.185 e. The molecule has 0 saturated heterocycles. The lowest BCUT2D eigenvalue weighted by atomic mass is 9.97. The lowest BCUT2D eigenvalue weighted by Crippen LogP contribution is -2.43. The van der Waals surface area contributed by atoms with E-state index in [2.05, 4.69) is 32.6 Å². The molecule has 1 fully saturated rings. The summed E-state index contributed by atoms with van der Waals surface area (Å²) >= 11 is 0. The van der Waals surface area contributed by atoms with Crippen molar-refractivity contribution < 1.29 is 4.43 Å². The van der Waals surface area contributed by atoms with Crippen molar-refractivity contribution in [2.75, 3.05) is 0 Å². The van der Waals surface area contributed by atoms with Crippen molar-refractivity contribution in [1.29, 1.82) is 5.26 Å². The van der Waals surface area contributed by atoms with E-state index >= 15 is 0 Å². The highest BCUT2D eigenvalue weighted by Gasteiger charge is 2.47. The molecule has 0 aromatic rings. The van der Waals surface area contributed by atoms with Gasteiger partial charge in [-0.25, -0.2) is 0 Å². The second-order valence-electron chi connectivity index (χ2n) is 4.84. The topological polar surface area (TPSA) is 33.0 Å². The summed E-state index contributed by atoms with van der Waals surface area (Å²) in [5.41, 5.74) is -0.454. The van der Waals surface area contributed by atoms with Gasteiger partial charge in [-0.1, -0.05) is 6.92 Å². The average molecular weight is 197 g/mol. The Balaban J connectivity index is 2.73. The Labute approximate surface area is 82.0 Å². The summed E-state index contributed by atoms with van der Waals surface area (Å²) in [6, 6.07) is 2.40. The molecule has 1 aliphatic carbocycles. The maximum absolute atomic E-state index is 9.20. The molecule has 0 spiro atoms. The molecule has 1 atom stereocenters. The van der Waals surface area contributed by atoms with Gasteiger partial charge in [0.2, 0.25) is 0 Å². The summed E-state index contributed by atoms with van der Waals surface area (Å²) in [6.07, 6.45) is 3.18. The Morgan fingerprint density at radius 2 is 2.00 bits per heavy atom. The molecule has 0 aliphatic heterocycles. The normalized spacial score (nSPS) is 22.1. The molecular formula is C10H19NOSi. The molecule has 1 rings (SSSR count). The van der Waals surface area contributed by atoms with Crippen LogP contribution < -0.4 is 0 Å². The fraction of sp³-hybridized carbons (Fsp3) is 0.900. The van der Waals surface area contributed by atoms with E-state index in [4.69, 9.17) is 4.43 Å². The van der Waals surface area contributed by atoms with Gasteiger partial charge >= 0.3 is 0 Å². The van der Waals surface area contributed by atoms with Crippen molar-refractivity contribution in [3.63, 3.8) is 0 Å². The van der Waals surface area contributed by atoms with Crippen molar-refractivity contribution >= 4 is 8.32 Å². The minimum Gasteiger partial charge on any atom is -0.400 e. The Bertz CT molecular complexity index is 224. The summed E-state index contributed by atoms with van der Waals surface area (Å²) in [4.78, 5) is 0. The Kier molecular flexibility index (Phi) is 2.84. The predicted octanol–water partition coefficient (Wildman–Crippen LogP) is 2.92. The van der Waals surface area contributed by atoms with E-state index in [0.29, 0.717) is 5.92 Å². The van der Waals surface area contributed by atoms with E-state index in [1.807, 2.05) is 0 Å². The first-order valence-electron chi connectivity index (χ1n) is 5.05. The van der Waals surface area contributed by atoms with Gasteiger partial charge in [0.05, 0.1) is 6.07 Å². The fourth-order valence-electron chi connectivity index (χ4n) is 1.73. The van der Waals surface area contributed by atoms with Crippen LogP contribution >= 0.6 is 0 Å². The largest absolute Gasteiger partial charge is 0.400 e. The van der Waals surface area contributed by atoms with Crippen molar-refractivity contribution in [2.24, 2.45) is 5.92 Å². The van der Waals surface area contributed by atoms with Gasteiger partial charge in [0, 0.05) is 5.92 Å². The molecule has 0 aromatic heterocycles. The van der Waals surface area contributed by atoms with Crippen LogP contribution in [0.4, 0.5) is 0 Å². The molecule has 74 valence electrons. The van der Waals surface area contributed by atoms with Gasteiger partial charge in [0.25, 0.3) is 0 Å². The van der Waals surface area contributed by atoms with Gasteiger partial charge in [-0.05, 0) is 38.9 Å². The molecule has 1 unspecified atom stereocenters. The average Bonchev–Trinajstić information content (AvgIpc) is 2.81. The van der Waals surface area contributed by atoms with Gasteiger partial charge < -0.3 is 4.43 Å². The molecule has 13 heavy (non-hydrogen) atoms.